The molecule has 0 spiro atoms. The van der Waals surface area contributed by atoms with Crippen LogP contribution in [-0.4, -0.2) is 11.5 Å². The van der Waals surface area contributed by atoms with E-state index in [9.17, 15) is 4.39 Å². The van der Waals surface area contributed by atoms with Crippen LogP contribution in [0.25, 0.3) is 0 Å². The summed E-state index contributed by atoms with van der Waals surface area (Å²) in [7, 11) is 0. The fraction of sp³-hybridized carbons (Fsp3) is 0.375. The third-order valence-corrected chi connectivity index (χ3v) is 1.43. The Labute approximate surface area is 65.3 Å². The third kappa shape index (κ3) is 2.27. The van der Waals surface area contributed by atoms with E-state index in [-0.39, 0.29) is 0 Å². The van der Waals surface area contributed by atoms with Crippen molar-refractivity contribution in [1.82, 2.24) is 4.98 Å². The van der Waals surface area contributed by atoms with Gasteiger partial charge in [0.15, 0.2) is 0 Å². The molecule has 0 bridgehead atoms. The maximum Gasteiger partial charge on any atom is 0.143 e. The summed E-state index contributed by atoms with van der Waals surface area (Å²) in [4.78, 5) is 3.87. The summed E-state index contributed by atoms with van der Waals surface area (Å²) in [6.07, 6.45) is 0.913. The number of nitrogens with zero attached hydrogens (tertiary/aromatic N) is 1. The zero-order valence-electron chi connectivity index (χ0n) is 6.20. The van der Waals surface area contributed by atoms with Gasteiger partial charge >= 0.3 is 0 Å². The lowest BCUT2D eigenvalue weighted by Gasteiger charge is -2.03. The minimum absolute atomic E-state index is 0.344. The normalized spacial score (nSPS) is 12.9. The molecule has 2 N–H and O–H groups in total. The molecule has 0 saturated carbocycles. The van der Waals surface area contributed by atoms with Crippen LogP contribution < -0.4 is 5.73 Å². The SMILES string of the molecule is NCCC(F)c1ccccn1. The van der Waals surface area contributed by atoms with Crippen molar-refractivity contribution < 1.29 is 4.39 Å². The van der Waals surface area contributed by atoms with Gasteiger partial charge in [-0.2, -0.15) is 0 Å². The van der Waals surface area contributed by atoms with Gasteiger partial charge in [0.25, 0.3) is 0 Å². The van der Waals surface area contributed by atoms with Crippen molar-refractivity contribution in [2.45, 2.75) is 12.6 Å². The molecule has 1 aromatic heterocycles. The van der Waals surface area contributed by atoms with E-state index in [2.05, 4.69) is 4.98 Å². The average Bonchev–Trinajstić information content (AvgIpc) is 2.07. The highest BCUT2D eigenvalue weighted by Gasteiger charge is 2.07. The number of aromatic nitrogens is 1. The van der Waals surface area contributed by atoms with Crippen molar-refractivity contribution in [3.8, 4) is 0 Å². The van der Waals surface area contributed by atoms with Crippen molar-refractivity contribution in [3.63, 3.8) is 0 Å². The first-order valence-electron chi connectivity index (χ1n) is 3.59. The van der Waals surface area contributed by atoms with Crippen LogP contribution in [0.5, 0.6) is 0 Å². The van der Waals surface area contributed by atoms with Gasteiger partial charge in [-0.1, -0.05) is 6.07 Å². The summed E-state index contributed by atoms with van der Waals surface area (Å²) in [5.41, 5.74) is 5.67. The molecule has 1 aromatic rings. The summed E-state index contributed by atoms with van der Waals surface area (Å²) >= 11 is 0. The fourth-order valence-corrected chi connectivity index (χ4v) is 0.855. The van der Waals surface area contributed by atoms with E-state index in [0.29, 0.717) is 18.7 Å². The molecule has 0 saturated heterocycles. The first kappa shape index (κ1) is 8.14. The first-order chi connectivity index (χ1) is 5.34. The molecule has 2 nitrogen and oxygen atoms in total. The number of hydrogen-bond acceptors (Lipinski definition) is 2. The van der Waals surface area contributed by atoms with Crippen LogP contribution >= 0.6 is 0 Å². The van der Waals surface area contributed by atoms with Crippen molar-refractivity contribution in [2.75, 3.05) is 6.54 Å². The highest BCUT2D eigenvalue weighted by atomic mass is 19.1. The lowest BCUT2D eigenvalue weighted by Crippen LogP contribution is -2.04. The molecule has 0 aliphatic rings. The zero-order chi connectivity index (χ0) is 8.10. The van der Waals surface area contributed by atoms with Crippen molar-refractivity contribution in [3.05, 3.63) is 30.1 Å². The second-order valence-electron chi connectivity index (χ2n) is 2.30. The van der Waals surface area contributed by atoms with Crippen LogP contribution in [0, 0.1) is 0 Å². The second kappa shape index (κ2) is 4.03. The van der Waals surface area contributed by atoms with E-state index in [4.69, 9.17) is 5.73 Å². The maximum absolute atomic E-state index is 13.0. The second-order valence-corrected chi connectivity index (χ2v) is 2.30. The largest absolute Gasteiger partial charge is 0.330 e. The molecule has 11 heavy (non-hydrogen) atoms. The standard InChI is InChI=1S/C8H11FN2/c9-7(4-5-10)8-3-1-2-6-11-8/h1-3,6-7H,4-5,10H2. The van der Waals surface area contributed by atoms with Gasteiger partial charge in [-0.15, -0.1) is 0 Å². The minimum Gasteiger partial charge on any atom is -0.330 e. The molecule has 0 aliphatic heterocycles. The molecule has 0 amide bonds. The van der Waals surface area contributed by atoms with E-state index >= 15 is 0 Å². The Bertz CT molecular complexity index is 201. The van der Waals surface area contributed by atoms with E-state index < -0.39 is 6.17 Å². The molecule has 1 atom stereocenters. The van der Waals surface area contributed by atoms with Gasteiger partial charge in [0.1, 0.15) is 6.17 Å². The van der Waals surface area contributed by atoms with Crippen LogP contribution in [0.1, 0.15) is 18.3 Å². The summed E-state index contributed by atoms with van der Waals surface area (Å²) < 4.78 is 13.0. The van der Waals surface area contributed by atoms with Gasteiger partial charge in [0, 0.05) is 6.20 Å². The summed E-state index contributed by atoms with van der Waals surface area (Å²) in [6, 6.07) is 5.20. The van der Waals surface area contributed by atoms with Gasteiger partial charge in [-0.25, -0.2) is 4.39 Å². The molecule has 1 heterocycles. The zero-order valence-corrected chi connectivity index (χ0v) is 6.20. The maximum atomic E-state index is 13.0. The van der Waals surface area contributed by atoms with Crippen LogP contribution in [0.15, 0.2) is 24.4 Å². The molecule has 1 rings (SSSR count). The molecule has 0 radical (unpaired) electrons. The lowest BCUT2D eigenvalue weighted by molar-refractivity contribution is 0.320. The molecular formula is C8H11FN2. The molecule has 0 aliphatic carbocycles. The third-order valence-electron chi connectivity index (χ3n) is 1.43. The Morgan fingerprint density at radius 3 is 2.91 bits per heavy atom. The van der Waals surface area contributed by atoms with Crippen LogP contribution in [0.3, 0.4) is 0 Å². The highest BCUT2D eigenvalue weighted by molar-refractivity contribution is 5.06. The summed E-state index contributed by atoms with van der Waals surface area (Å²) in [5.74, 6) is 0. The molecule has 1 unspecified atom stereocenters. The number of alkyl halides is 1. The summed E-state index contributed by atoms with van der Waals surface area (Å²) in [5, 5.41) is 0. The Balaban J connectivity index is 2.61. The Kier molecular flexibility index (Phi) is 2.98. The number of halogens is 1. The summed E-state index contributed by atoms with van der Waals surface area (Å²) in [6.45, 7) is 0.359. The molecule has 0 aromatic carbocycles. The average molecular weight is 154 g/mol. The molecular weight excluding hydrogens is 143 g/mol. The van der Waals surface area contributed by atoms with Crippen LogP contribution in [0.4, 0.5) is 4.39 Å². The molecule has 60 valence electrons. The van der Waals surface area contributed by atoms with Gasteiger partial charge < -0.3 is 5.73 Å². The number of hydrogen-bond donors (Lipinski definition) is 1. The van der Waals surface area contributed by atoms with E-state index in [1.165, 1.54) is 0 Å². The van der Waals surface area contributed by atoms with Gasteiger partial charge in [0.05, 0.1) is 5.69 Å². The molecule has 3 heteroatoms. The monoisotopic (exact) mass is 154 g/mol. The van der Waals surface area contributed by atoms with Crippen molar-refractivity contribution >= 4 is 0 Å². The van der Waals surface area contributed by atoms with Crippen LogP contribution in [-0.2, 0) is 0 Å². The highest BCUT2D eigenvalue weighted by Crippen LogP contribution is 2.16. The van der Waals surface area contributed by atoms with Crippen LogP contribution in [0.2, 0.25) is 0 Å². The Morgan fingerprint density at radius 1 is 1.55 bits per heavy atom. The van der Waals surface area contributed by atoms with Gasteiger partial charge in [-0.05, 0) is 25.1 Å². The predicted molar refractivity (Wildman–Crippen MR) is 41.8 cm³/mol. The van der Waals surface area contributed by atoms with E-state index in [0.717, 1.165) is 0 Å². The van der Waals surface area contributed by atoms with Gasteiger partial charge in [0.2, 0.25) is 0 Å². The number of pyridine rings is 1. The smallest absolute Gasteiger partial charge is 0.143 e. The van der Waals surface area contributed by atoms with Gasteiger partial charge in [-0.3, -0.25) is 4.98 Å². The van der Waals surface area contributed by atoms with E-state index in [1.807, 2.05) is 0 Å². The lowest BCUT2D eigenvalue weighted by atomic mass is 10.2. The number of nitrogens with two attached hydrogens (primary N) is 1. The van der Waals surface area contributed by atoms with Crippen molar-refractivity contribution in [2.24, 2.45) is 5.73 Å². The predicted octanol–water partition coefficient (Wildman–Crippen LogP) is 1.44. The topological polar surface area (TPSA) is 38.9 Å². The van der Waals surface area contributed by atoms with E-state index in [1.54, 1.807) is 24.4 Å². The first-order valence-corrected chi connectivity index (χ1v) is 3.59. The van der Waals surface area contributed by atoms with Crippen molar-refractivity contribution in [1.29, 1.82) is 0 Å². The Morgan fingerprint density at radius 2 is 2.36 bits per heavy atom. The quantitative estimate of drug-likeness (QED) is 0.715. The Hall–Kier alpha value is -0.960. The fourth-order valence-electron chi connectivity index (χ4n) is 0.855. The molecule has 0 fully saturated rings. The number of rotatable bonds is 3. The minimum atomic E-state index is -1.01.